The van der Waals surface area contributed by atoms with E-state index in [1.54, 1.807) is 11.0 Å². The quantitative estimate of drug-likeness (QED) is 0.857. The average molecular weight is 275 g/mol. The second kappa shape index (κ2) is 6.75. The highest BCUT2D eigenvalue weighted by Crippen LogP contribution is 2.19. The summed E-state index contributed by atoms with van der Waals surface area (Å²) in [5, 5.41) is 8.63. The SMILES string of the molecule is O=C(O)/C=C/[C@@H]1CCCN1C(=O)OCc1ccccc1. The Kier molecular flexibility index (Phi) is 4.76. The van der Waals surface area contributed by atoms with Gasteiger partial charge in [-0.25, -0.2) is 9.59 Å². The summed E-state index contributed by atoms with van der Waals surface area (Å²) in [7, 11) is 0. The number of carboxylic acid groups (broad SMARTS) is 1. The molecule has 1 aromatic rings. The molecule has 1 saturated heterocycles. The van der Waals surface area contributed by atoms with Crippen LogP contribution in [0.2, 0.25) is 0 Å². The van der Waals surface area contributed by atoms with Crippen LogP contribution in [-0.4, -0.2) is 34.7 Å². The molecule has 1 fully saturated rings. The summed E-state index contributed by atoms with van der Waals surface area (Å²) < 4.78 is 5.25. The number of hydrogen-bond acceptors (Lipinski definition) is 3. The number of benzene rings is 1. The number of nitrogens with zero attached hydrogens (tertiary/aromatic N) is 1. The van der Waals surface area contributed by atoms with Crippen molar-refractivity contribution in [3.63, 3.8) is 0 Å². The van der Waals surface area contributed by atoms with E-state index in [0.717, 1.165) is 24.5 Å². The van der Waals surface area contributed by atoms with Crippen LogP contribution in [0.3, 0.4) is 0 Å². The lowest BCUT2D eigenvalue weighted by atomic mass is 10.2. The zero-order valence-corrected chi connectivity index (χ0v) is 11.1. The fourth-order valence-corrected chi connectivity index (χ4v) is 2.21. The molecule has 0 aliphatic carbocycles. The van der Waals surface area contributed by atoms with Crippen LogP contribution in [0, 0.1) is 0 Å². The van der Waals surface area contributed by atoms with Crippen molar-refractivity contribution in [2.45, 2.75) is 25.5 Å². The van der Waals surface area contributed by atoms with E-state index >= 15 is 0 Å². The lowest BCUT2D eigenvalue weighted by Crippen LogP contribution is -2.34. The highest BCUT2D eigenvalue weighted by atomic mass is 16.6. The van der Waals surface area contributed by atoms with Crippen molar-refractivity contribution in [3.8, 4) is 0 Å². The Morgan fingerprint density at radius 1 is 1.35 bits per heavy atom. The standard InChI is InChI=1S/C15H17NO4/c17-14(18)9-8-13-7-4-10-16(13)15(19)20-11-12-5-2-1-3-6-12/h1-3,5-6,8-9,13H,4,7,10-11H2,(H,17,18)/b9-8+/t13-/m0/s1. The van der Waals surface area contributed by atoms with Gasteiger partial charge in [-0.15, -0.1) is 0 Å². The van der Waals surface area contributed by atoms with E-state index in [1.165, 1.54) is 0 Å². The van der Waals surface area contributed by atoms with Gasteiger partial charge in [0.25, 0.3) is 0 Å². The van der Waals surface area contributed by atoms with Gasteiger partial charge >= 0.3 is 12.1 Å². The second-order valence-electron chi connectivity index (χ2n) is 4.64. The van der Waals surface area contributed by atoms with Crippen molar-refractivity contribution in [1.82, 2.24) is 4.90 Å². The maximum absolute atomic E-state index is 12.0. The average Bonchev–Trinajstić information content (AvgIpc) is 2.92. The molecular formula is C15H17NO4. The monoisotopic (exact) mass is 275 g/mol. The van der Waals surface area contributed by atoms with E-state index in [1.807, 2.05) is 30.3 Å². The molecule has 1 aromatic carbocycles. The van der Waals surface area contributed by atoms with E-state index < -0.39 is 12.1 Å². The summed E-state index contributed by atoms with van der Waals surface area (Å²) in [4.78, 5) is 24.1. The third kappa shape index (κ3) is 3.85. The van der Waals surface area contributed by atoms with Gasteiger partial charge < -0.3 is 14.7 Å². The van der Waals surface area contributed by atoms with Crippen molar-refractivity contribution < 1.29 is 19.4 Å². The largest absolute Gasteiger partial charge is 0.478 e. The summed E-state index contributed by atoms with van der Waals surface area (Å²) in [5.41, 5.74) is 0.928. The Bertz CT molecular complexity index is 498. The first-order chi connectivity index (χ1) is 9.66. The molecule has 1 aliphatic heterocycles. The van der Waals surface area contributed by atoms with Crippen molar-refractivity contribution in [1.29, 1.82) is 0 Å². The number of carbonyl (C=O) groups is 2. The summed E-state index contributed by atoms with van der Waals surface area (Å²) in [5.74, 6) is -1.01. The van der Waals surface area contributed by atoms with E-state index in [9.17, 15) is 9.59 Å². The zero-order valence-electron chi connectivity index (χ0n) is 11.1. The molecule has 20 heavy (non-hydrogen) atoms. The minimum Gasteiger partial charge on any atom is -0.478 e. The lowest BCUT2D eigenvalue weighted by molar-refractivity contribution is -0.131. The van der Waals surface area contributed by atoms with Crippen molar-refractivity contribution in [2.75, 3.05) is 6.54 Å². The lowest BCUT2D eigenvalue weighted by Gasteiger charge is -2.21. The first-order valence-electron chi connectivity index (χ1n) is 6.55. The van der Waals surface area contributed by atoms with Gasteiger partial charge in [0.2, 0.25) is 0 Å². The first kappa shape index (κ1) is 14.1. The Balaban J connectivity index is 1.89. The number of aliphatic carboxylic acids is 1. The molecule has 1 aliphatic rings. The maximum atomic E-state index is 12.0. The number of hydrogen-bond donors (Lipinski definition) is 1. The van der Waals surface area contributed by atoms with E-state index in [4.69, 9.17) is 9.84 Å². The van der Waals surface area contributed by atoms with Gasteiger partial charge in [-0.3, -0.25) is 0 Å². The Hall–Kier alpha value is -2.30. The molecule has 0 aromatic heterocycles. The summed E-state index contributed by atoms with van der Waals surface area (Å²) in [6, 6.07) is 9.26. The summed E-state index contributed by atoms with van der Waals surface area (Å²) in [6.45, 7) is 0.827. The number of likely N-dealkylation sites (tertiary alicyclic amines) is 1. The minimum atomic E-state index is -1.01. The molecule has 2 rings (SSSR count). The Morgan fingerprint density at radius 2 is 2.10 bits per heavy atom. The predicted octanol–water partition coefficient (Wildman–Crippen LogP) is 2.43. The zero-order chi connectivity index (χ0) is 14.4. The number of rotatable bonds is 4. The van der Waals surface area contributed by atoms with Gasteiger partial charge in [0.15, 0.2) is 0 Å². The van der Waals surface area contributed by atoms with Crippen LogP contribution in [0.1, 0.15) is 18.4 Å². The normalized spacial score (nSPS) is 18.4. The fourth-order valence-electron chi connectivity index (χ4n) is 2.21. The number of carbonyl (C=O) groups excluding carboxylic acids is 1. The van der Waals surface area contributed by atoms with Crippen molar-refractivity contribution in [3.05, 3.63) is 48.0 Å². The van der Waals surface area contributed by atoms with E-state index in [2.05, 4.69) is 0 Å². The topological polar surface area (TPSA) is 66.8 Å². The molecule has 5 nitrogen and oxygen atoms in total. The molecule has 0 bridgehead atoms. The summed E-state index contributed by atoms with van der Waals surface area (Å²) >= 11 is 0. The molecular weight excluding hydrogens is 258 g/mol. The Morgan fingerprint density at radius 3 is 2.80 bits per heavy atom. The van der Waals surface area contributed by atoms with Gasteiger partial charge in [-0.1, -0.05) is 36.4 Å². The summed E-state index contributed by atoms with van der Waals surface area (Å²) in [6.07, 6.45) is 3.85. The maximum Gasteiger partial charge on any atom is 0.410 e. The van der Waals surface area contributed by atoms with Crippen molar-refractivity contribution >= 4 is 12.1 Å². The highest BCUT2D eigenvalue weighted by Gasteiger charge is 2.28. The molecule has 1 amide bonds. The van der Waals surface area contributed by atoms with Gasteiger partial charge in [0.1, 0.15) is 6.61 Å². The predicted molar refractivity (Wildman–Crippen MR) is 73.1 cm³/mol. The van der Waals surface area contributed by atoms with Crippen LogP contribution < -0.4 is 0 Å². The second-order valence-corrected chi connectivity index (χ2v) is 4.64. The molecule has 0 radical (unpaired) electrons. The minimum absolute atomic E-state index is 0.186. The smallest absolute Gasteiger partial charge is 0.410 e. The van der Waals surface area contributed by atoms with Crippen molar-refractivity contribution in [2.24, 2.45) is 0 Å². The number of ether oxygens (including phenoxy) is 1. The van der Waals surface area contributed by atoms with Gasteiger partial charge in [0.05, 0.1) is 6.04 Å². The molecule has 0 saturated carbocycles. The molecule has 1 heterocycles. The van der Waals surface area contributed by atoms with Crippen LogP contribution in [0.25, 0.3) is 0 Å². The fraction of sp³-hybridized carbons (Fsp3) is 0.333. The molecule has 5 heteroatoms. The number of carboxylic acids is 1. The molecule has 1 atom stereocenters. The van der Waals surface area contributed by atoms with Crippen LogP contribution >= 0.6 is 0 Å². The molecule has 0 spiro atoms. The van der Waals surface area contributed by atoms with Crippen LogP contribution in [0.15, 0.2) is 42.5 Å². The van der Waals surface area contributed by atoms with Crippen LogP contribution in [0.5, 0.6) is 0 Å². The third-order valence-electron chi connectivity index (χ3n) is 3.20. The van der Waals surface area contributed by atoms with E-state index in [-0.39, 0.29) is 12.6 Å². The Labute approximate surface area is 117 Å². The van der Waals surface area contributed by atoms with Gasteiger partial charge in [0, 0.05) is 12.6 Å². The molecule has 0 unspecified atom stereocenters. The third-order valence-corrected chi connectivity index (χ3v) is 3.20. The van der Waals surface area contributed by atoms with Crippen LogP contribution in [0.4, 0.5) is 4.79 Å². The van der Waals surface area contributed by atoms with Crippen LogP contribution in [-0.2, 0) is 16.1 Å². The van der Waals surface area contributed by atoms with Gasteiger partial charge in [-0.2, -0.15) is 0 Å². The number of amides is 1. The first-order valence-corrected chi connectivity index (χ1v) is 6.55. The molecule has 106 valence electrons. The molecule has 1 N–H and O–H groups in total. The van der Waals surface area contributed by atoms with E-state index in [0.29, 0.717) is 6.54 Å². The van der Waals surface area contributed by atoms with Gasteiger partial charge in [-0.05, 0) is 18.4 Å². The highest BCUT2D eigenvalue weighted by molar-refractivity contribution is 5.80.